The molecule has 7 nitrogen and oxygen atoms in total. The highest BCUT2D eigenvalue weighted by Crippen LogP contribution is 2.32. The zero-order chi connectivity index (χ0) is 18.6. The number of hydrogen-bond donors (Lipinski definition) is 1. The van der Waals surface area contributed by atoms with Crippen molar-refractivity contribution in [3.63, 3.8) is 0 Å². The number of fused-ring (bicyclic) bond motifs is 1. The molecule has 4 rings (SSSR count). The Morgan fingerprint density at radius 3 is 3.00 bits per heavy atom. The van der Waals surface area contributed by atoms with Crippen LogP contribution in [0.2, 0.25) is 0 Å². The number of nitrogens with zero attached hydrogens (tertiary/aromatic N) is 3. The lowest BCUT2D eigenvalue weighted by molar-refractivity contribution is -0.116. The summed E-state index contributed by atoms with van der Waals surface area (Å²) in [4.78, 5) is 16.2. The van der Waals surface area contributed by atoms with Crippen LogP contribution in [-0.4, -0.2) is 27.5 Å². The molecule has 1 aliphatic heterocycles. The predicted octanol–water partition coefficient (Wildman–Crippen LogP) is 2.54. The third-order valence-electron chi connectivity index (χ3n) is 4.20. The fourth-order valence-electron chi connectivity index (χ4n) is 2.75. The quantitative estimate of drug-likeness (QED) is 0.706. The van der Waals surface area contributed by atoms with Crippen LogP contribution in [0.4, 0.5) is 0 Å². The molecule has 1 aromatic carbocycles. The minimum atomic E-state index is -0.184. The Hall–Kier alpha value is -3.61. The Labute approximate surface area is 156 Å². The third-order valence-corrected chi connectivity index (χ3v) is 4.20. The number of aryl methyl sites for hydroxylation is 1. The average Bonchev–Trinajstić information content (AvgIpc) is 3.31. The zero-order valence-electron chi connectivity index (χ0n) is 14.8. The Balaban J connectivity index is 1.37. The number of amides is 1. The second-order valence-electron chi connectivity index (χ2n) is 6.05. The van der Waals surface area contributed by atoms with E-state index >= 15 is 0 Å². The van der Waals surface area contributed by atoms with E-state index in [1.54, 1.807) is 23.2 Å². The number of nitrogens with one attached hydrogen (secondary N) is 1. The van der Waals surface area contributed by atoms with Crippen LogP contribution in [0.1, 0.15) is 11.3 Å². The normalized spacial score (nSPS) is 12.5. The van der Waals surface area contributed by atoms with E-state index in [4.69, 9.17) is 9.47 Å². The maximum atomic E-state index is 12.1. The summed E-state index contributed by atoms with van der Waals surface area (Å²) in [5.74, 6) is 1.23. The topological polar surface area (TPSA) is 78.3 Å². The van der Waals surface area contributed by atoms with Crippen LogP contribution in [0.15, 0.2) is 54.9 Å². The molecule has 0 spiro atoms. The Morgan fingerprint density at radius 1 is 1.26 bits per heavy atom. The van der Waals surface area contributed by atoms with E-state index in [0.717, 1.165) is 28.3 Å². The van der Waals surface area contributed by atoms with Gasteiger partial charge in [0.1, 0.15) is 0 Å². The fraction of sp³-hybridized carbons (Fsp3) is 0.150. The summed E-state index contributed by atoms with van der Waals surface area (Å²) in [6.45, 7) is 0.614. The van der Waals surface area contributed by atoms with Crippen LogP contribution in [0.5, 0.6) is 11.5 Å². The van der Waals surface area contributed by atoms with E-state index in [9.17, 15) is 4.79 Å². The SMILES string of the molecule is Cn1nc(-c2cccnc2)cc1CNC(=O)/C=C/c1ccc2c(c1)OCO2. The van der Waals surface area contributed by atoms with Gasteiger partial charge in [-0.15, -0.1) is 0 Å². The van der Waals surface area contributed by atoms with E-state index in [-0.39, 0.29) is 12.7 Å². The molecule has 2 aromatic heterocycles. The smallest absolute Gasteiger partial charge is 0.244 e. The van der Waals surface area contributed by atoms with Gasteiger partial charge in [-0.3, -0.25) is 14.5 Å². The molecule has 3 heterocycles. The predicted molar refractivity (Wildman–Crippen MR) is 99.9 cm³/mol. The number of rotatable bonds is 5. The van der Waals surface area contributed by atoms with Crippen molar-refractivity contribution in [3.8, 4) is 22.8 Å². The lowest BCUT2D eigenvalue weighted by Gasteiger charge is -2.02. The van der Waals surface area contributed by atoms with Gasteiger partial charge in [-0.1, -0.05) is 6.07 Å². The molecule has 0 bridgehead atoms. The maximum Gasteiger partial charge on any atom is 0.244 e. The van der Waals surface area contributed by atoms with Gasteiger partial charge in [-0.05, 0) is 42.0 Å². The first kappa shape index (κ1) is 16.8. The average molecular weight is 362 g/mol. The molecular formula is C20H18N4O3. The van der Waals surface area contributed by atoms with Crippen LogP contribution in [-0.2, 0) is 18.4 Å². The fourth-order valence-corrected chi connectivity index (χ4v) is 2.75. The molecule has 27 heavy (non-hydrogen) atoms. The molecule has 0 aliphatic carbocycles. The Bertz CT molecular complexity index is 996. The number of pyridine rings is 1. The van der Waals surface area contributed by atoms with Crippen molar-refractivity contribution in [1.82, 2.24) is 20.1 Å². The number of hydrogen-bond acceptors (Lipinski definition) is 5. The monoisotopic (exact) mass is 362 g/mol. The highest BCUT2D eigenvalue weighted by Gasteiger charge is 2.12. The Morgan fingerprint density at radius 2 is 2.15 bits per heavy atom. The number of carbonyl (C=O) groups is 1. The third kappa shape index (κ3) is 3.82. The van der Waals surface area contributed by atoms with Crippen molar-refractivity contribution < 1.29 is 14.3 Å². The molecule has 136 valence electrons. The van der Waals surface area contributed by atoms with E-state index in [1.165, 1.54) is 6.08 Å². The zero-order valence-corrected chi connectivity index (χ0v) is 14.8. The summed E-state index contributed by atoms with van der Waals surface area (Å²) in [7, 11) is 1.85. The molecule has 1 aliphatic rings. The standard InChI is InChI=1S/C20H18N4O3/c1-24-16(10-17(23-24)15-3-2-8-21-11-15)12-22-20(25)7-5-14-4-6-18-19(9-14)27-13-26-18/h2-11H,12-13H2,1H3,(H,22,25)/b7-5+. The van der Waals surface area contributed by atoms with Gasteiger partial charge in [0.2, 0.25) is 12.7 Å². The molecule has 0 fully saturated rings. The van der Waals surface area contributed by atoms with Crippen molar-refractivity contribution in [2.75, 3.05) is 6.79 Å². The van der Waals surface area contributed by atoms with Gasteiger partial charge in [0.25, 0.3) is 0 Å². The summed E-state index contributed by atoms with van der Waals surface area (Å²) in [6, 6.07) is 11.3. The maximum absolute atomic E-state index is 12.1. The molecule has 0 saturated heterocycles. The van der Waals surface area contributed by atoms with Crippen molar-refractivity contribution in [2.45, 2.75) is 6.54 Å². The molecule has 0 saturated carbocycles. The summed E-state index contributed by atoms with van der Waals surface area (Å²) >= 11 is 0. The summed E-state index contributed by atoms with van der Waals surface area (Å²) in [6.07, 6.45) is 6.72. The van der Waals surface area contributed by atoms with Crippen LogP contribution >= 0.6 is 0 Å². The molecule has 7 heteroatoms. The van der Waals surface area contributed by atoms with Gasteiger partial charge in [0.05, 0.1) is 17.9 Å². The van der Waals surface area contributed by atoms with Gasteiger partial charge in [0, 0.05) is 31.1 Å². The highest BCUT2D eigenvalue weighted by atomic mass is 16.7. The molecule has 0 unspecified atom stereocenters. The highest BCUT2D eigenvalue weighted by molar-refractivity contribution is 5.91. The largest absolute Gasteiger partial charge is 0.454 e. The van der Waals surface area contributed by atoms with Crippen LogP contribution in [0, 0.1) is 0 Å². The summed E-state index contributed by atoms with van der Waals surface area (Å²) in [5.41, 5.74) is 3.53. The van der Waals surface area contributed by atoms with E-state index in [2.05, 4.69) is 15.4 Å². The molecular weight excluding hydrogens is 344 g/mol. The summed E-state index contributed by atoms with van der Waals surface area (Å²) < 4.78 is 12.4. The molecule has 1 N–H and O–H groups in total. The van der Waals surface area contributed by atoms with Crippen LogP contribution < -0.4 is 14.8 Å². The van der Waals surface area contributed by atoms with Crippen molar-refractivity contribution >= 4 is 12.0 Å². The first-order valence-corrected chi connectivity index (χ1v) is 8.48. The minimum Gasteiger partial charge on any atom is -0.454 e. The lowest BCUT2D eigenvalue weighted by Crippen LogP contribution is -2.21. The van der Waals surface area contributed by atoms with Gasteiger partial charge >= 0.3 is 0 Å². The van der Waals surface area contributed by atoms with Crippen molar-refractivity contribution in [1.29, 1.82) is 0 Å². The number of benzene rings is 1. The van der Waals surface area contributed by atoms with Gasteiger partial charge in [-0.2, -0.15) is 5.10 Å². The van der Waals surface area contributed by atoms with Gasteiger partial charge in [0.15, 0.2) is 11.5 Å². The number of ether oxygens (including phenoxy) is 2. The van der Waals surface area contributed by atoms with Gasteiger partial charge in [-0.25, -0.2) is 0 Å². The second-order valence-corrected chi connectivity index (χ2v) is 6.05. The first-order chi connectivity index (χ1) is 13.2. The van der Waals surface area contributed by atoms with Gasteiger partial charge < -0.3 is 14.8 Å². The molecule has 1 amide bonds. The lowest BCUT2D eigenvalue weighted by atomic mass is 10.2. The van der Waals surface area contributed by atoms with E-state index < -0.39 is 0 Å². The Kier molecular flexibility index (Phi) is 4.57. The first-order valence-electron chi connectivity index (χ1n) is 8.48. The van der Waals surface area contributed by atoms with Crippen LogP contribution in [0.3, 0.4) is 0 Å². The summed E-state index contributed by atoms with van der Waals surface area (Å²) in [5, 5.41) is 7.34. The number of aromatic nitrogens is 3. The van der Waals surface area contributed by atoms with E-state index in [0.29, 0.717) is 12.3 Å². The van der Waals surface area contributed by atoms with Crippen molar-refractivity contribution in [2.24, 2.45) is 7.05 Å². The second kappa shape index (κ2) is 7.33. The molecule has 0 atom stereocenters. The minimum absolute atomic E-state index is 0.184. The van der Waals surface area contributed by atoms with E-state index in [1.807, 2.05) is 43.4 Å². The molecule has 0 radical (unpaired) electrons. The van der Waals surface area contributed by atoms with Crippen LogP contribution in [0.25, 0.3) is 17.3 Å². The molecule has 3 aromatic rings. The number of carbonyl (C=O) groups excluding carboxylic acids is 1. The van der Waals surface area contributed by atoms with Crippen molar-refractivity contribution in [3.05, 3.63) is 66.1 Å².